The van der Waals surface area contributed by atoms with E-state index in [-0.39, 0.29) is 34.4 Å². The van der Waals surface area contributed by atoms with Crippen molar-refractivity contribution in [3.63, 3.8) is 0 Å². The van der Waals surface area contributed by atoms with Crippen LogP contribution in [-0.4, -0.2) is 40.4 Å². The summed E-state index contributed by atoms with van der Waals surface area (Å²) in [4.78, 5) is 0. The van der Waals surface area contributed by atoms with Gasteiger partial charge in [0.25, 0.3) is 0 Å². The van der Waals surface area contributed by atoms with E-state index in [0.29, 0.717) is 6.04 Å². The van der Waals surface area contributed by atoms with Crippen LogP contribution < -0.4 is 15.9 Å². The molecule has 0 rings (SSSR count). The Morgan fingerprint density at radius 1 is 1.06 bits per heavy atom. The van der Waals surface area contributed by atoms with Gasteiger partial charge in [0.1, 0.15) is 0 Å². The molecule has 0 heterocycles. The summed E-state index contributed by atoms with van der Waals surface area (Å²) >= 11 is 0.100. The van der Waals surface area contributed by atoms with Crippen LogP contribution in [0.25, 0.3) is 0 Å². The molecule has 0 aliphatic carbocycles. The number of rotatable bonds is 6. The second-order valence-electron chi connectivity index (χ2n) is 3.40. The van der Waals surface area contributed by atoms with Crippen molar-refractivity contribution in [1.82, 2.24) is 0 Å². The summed E-state index contributed by atoms with van der Waals surface area (Å²) in [6, 6.07) is 0.423. The van der Waals surface area contributed by atoms with Crippen LogP contribution in [-0.2, 0) is 0 Å². The Labute approximate surface area is 112 Å². The van der Waals surface area contributed by atoms with Gasteiger partial charge in [-0.1, -0.05) is 13.8 Å². The summed E-state index contributed by atoms with van der Waals surface area (Å²) in [5.74, 6) is 0. The molecule has 0 radical (unpaired) electrons. The van der Waals surface area contributed by atoms with E-state index in [0.717, 1.165) is 0 Å². The van der Waals surface area contributed by atoms with E-state index in [1.807, 2.05) is 0 Å². The molecule has 0 saturated heterocycles. The predicted molar refractivity (Wildman–Crippen MR) is 69.6 cm³/mol. The SMILES string of the molecule is CC[O-].CC[O-].C[CH2][Sn+2][CH2]CCCC(C)N. The fourth-order valence-corrected chi connectivity index (χ4v) is 3.33. The molecule has 0 fully saturated rings. The Bertz CT molecular complexity index is 91.1. The Hall–Kier alpha value is 0.679. The van der Waals surface area contributed by atoms with Crippen LogP contribution >= 0.6 is 0 Å². The van der Waals surface area contributed by atoms with Gasteiger partial charge in [-0.05, 0) is 0 Å². The van der Waals surface area contributed by atoms with Crippen LogP contribution in [0, 0.1) is 0 Å². The minimum atomic E-state index is 0. The molecule has 0 aromatic heterocycles. The topological polar surface area (TPSA) is 72.1 Å². The molecule has 4 heteroatoms. The van der Waals surface area contributed by atoms with E-state index in [1.54, 1.807) is 18.3 Å². The van der Waals surface area contributed by atoms with Crippen LogP contribution in [0.15, 0.2) is 0 Å². The molecule has 0 bridgehead atoms. The molecule has 0 aliphatic rings. The van der Waals surface area contributed by atoms with Gasteiger partial charge in [0.15, 0.2) is 0 Å². The van der Waals surface area contributed by atoms with Gasteiger partial charge in [-0.2, -0.15) is 0 Å². The van der Waals surface area contributed by atoms with Crippen molar-refractivity contribution in [2.24, 2.45) is 5.73 Å². The Kier molecular flexibility index (Phi) is 33.9. The fraction of sp³-hybridized carbons (Fsp3) is 1.00. The standard InChI is InChI=1S/C6H14N.2C2H5O.C2H5.Sn/c1-3-4-5-6(2)7;2*1-2-3;1-2;/h6H,1,3-5,7H2,2H3;2*2H2,1H3;1H2,2H3;/q;2*-1;;+2. The van der Waals surface area contributed by atoms with Gasteiger partial charge in [-0.25, -0.2) is 0 Å². The van der Waals surface area contributed by atoms with Crippen LogP contribution in [0.4, 0.5) is 0 Å². The third-order valence-corrected chi connectivity index (χ3v) is 4.96. The van der Waals surface area contributed by atoms with Gasteiger partial charge in [0.05, 0.1) is 0 Å². The second kappa shape index (κ2) is 24.8. The average Bonchev–Trinajstić information content (AvgIpc) is 2.19. The van der Waals surface area contributed by atoms with Crippen molar-refractivity contribution in [1.29, 1.82) is 0 Å². The van der Waals surface area contributed by atoms with Gasteiger partial charge in [-0.3, -0.25) is 0 Å². The molecule has 1 unspecified atom stereocenters. The van der Waals surface area contributed by atoms with Crippen molar-refractivity contribution in [2.75, 3.05) is 13.2 Å². The van der Waals surface area contributed by atoms with E-state index in [9.17, 15) is 0 Å². The van der Waals surface area contributed by atoms with E-state index in [2.05, 4.69) is 13.8 Å². The van der Waals surface area contributed by atoms with Crippen LogP contribution in [0.1, 0.15) is 47.0 Å². The minimum absolute atomic E-state index is 0. The first kappa shape index (κ1) is 21.9. The first-order chi connectivity index (χ1) is 7.60. The number of unbranched alkanes of at least 4 members (excludes halogenated alkanes) is 1. The predicted octanol–water partition coefficient (Wildman–Crippen LogP) is 0.798. The second-order valence-corrected chi connectivity index (χ2v) is 8.28. The molecular formula is C12H29NO2Sn. The van der Waals surface area contributed by atoms with Crippen molar-refractivity contribution in [3.8, 4) is 0 Å². The molecule has 3 nitrogen and oxygen atoms in total. The van der Waals surface area contributed by atoms with Crippen LogP contribution in [0.2, 0.25) is 8.87 Å². The molecule has 0 amide bonds. The molecule has 0 saturated carbocycles. The first-order valence-electron chi connectivity index (χ1n) is 6.22. The van der Waals surface area contributed by atoms with Crippen molar-refractivity contribution in [2.45, 2.75) is 61.9 Å². The van der Waals surface area contributed by atoms with Crippen molar-refractivity contribution < 1.29 is 10.2 Å². The first-order valence-corrected chi connectivity index (χ1v) is 10.3. The number of hydrogen-bond donors (Lipinski definition) is 1. The summed E-state index contributed by atoms with van der Waals surface area (Å²) in [6.07, 6.45) is 4.03. The monoisotopic (exact) mass is 339 g/mol. The molecule has 1 atom stereocenters. The zero-order chi connectivity index (χ0) is 13.2. The average molecular weight is 338 g/mol. The summed E-state index contributed by atoms with van der Waals surface area (Å²) in [5.41, 5.74) is 5.62. The van der Waals surface area contributed by atoms with Crippen molar-refractivity contribution in [3.05, 3.63) is 0 Å². The van der Waals surface area contributed by atoms with Gasteiger partial charge in [-0.15, -0.1) is 13.2 Å². The van der Waals surface area contributed by atoms with E-state index < -0.39 is 0 Å². The summed E-state index contributed by atoms with van der Waals surface area (Å²) in [5, 5.41) is 17.9. The van der Waals surface area contributed by atoms with E-state index in [4.69, 9.17) is 15.9 Å². The van der Waals surface area contributed by atoms with Gasteiger partial charge in [0, 0.05) is 0 Å². The summed E-state index contributed by atoms with van der Waals surface area (Å²) < 4.78 is 3.06. The van der Waals surface area contributed by atoms with Crippen molar-refractivity contribution >= 4 is 21.1 Å². The summed E-state index contributed by atoms with van der Waals surface area (Å²) in [7, 11) is 0. The molecule has 98 valence electrons. The molecule has 16 heavy (non-hydrogen) atoms. The maximum absolute atomic E-state index is 8.93. The molecule has 0 aliphatic heterocycles. The van der Waals surface area contributed by atoms with Crippen LogP contribution in [0.3, 0.4) is 0 Å². The molecular weight excluding hydrogens is 309 g/mol. The van der Waals surface area contributed by atoms with Crippen LogP contribution in [0.5, 0.6) is 0 Å². The van der Waals surface area contributed by atoms with E-state index in [1.165, 1.54) is 23.7 Å². The fourth-order valence-electron chi connectivity index (χ4n) is 0.893. The zero-order valence-electron chi connectivity index (χ0n) is 11.4. The van der Waals surface area contributed by atoms with Gasteiger partial charge in [0.2, 0.25) is 0 Å². The molecule has 0 aromatic rings. The molecule has 0 aromatic carbocycles. The number of nitrogens with two attached hydrogens (primary N) is 1. The normalized spacial score (nSPS) is 10.2. The Balaban J connectivity index is -0.000000235. The van der Waals surface area contributed by atoms with E-state index >= 15 is 0 Å². The Morgan fingerprint density at radius 3 is 1.81 bits per heavy atom. The van der Waals surface area contributed by atoms with Gasteiger partial charge < -0.3 is 10.2 Å². The third-order valence-electron chi connectivity index (χ3n) is 1.51. The zero-order valence-corrected chi connectivity index (χ0v) is 14.3. The quantitative estimate of drug-likeness (QED) is 0.575. The Morgan fingerprint density at radius 2 is 1.50 bits per heavy atom. The maximum atomic E-state index is 8.93. The molecule has 0 spiro atoms. The summed E-state index contributed by atoms with van der Waals surface area (Å²) in [6.45, 7) is 7.55. The number of hydrogen-bond acceptors (Lipinski definition) is 3. The third kappa shape index (κ3) is 46.6. The molecule has 2 N–H and O–H groups in total. The van der Waals surface area contributed by atoms with Gasteiger partial charge >= 0.3 is 74.9 Å².